The fourth-order valence-electron chi connectivity index (χ4n) is 2.93. The molecule has 1 N–H and O–H groups in total. The van der Waals surface area contributed by atoms with Crippen molar-refractivity contribution in [3.63, 3.8) is 0 Å². The Kier molecular flexibility index (Phi) is 4.17. The number of benzene rings is 1. The van der Waals surface area contributed by atoms with Crippen LogP contribution in [0.4, 0.5) is 8.78 Å². The van der Waals surface area contributed by atoms with Gasteiger partial charge < -0.3 is 9.63 Å². The van der Waals surface area contributed by atoms with Crippen LogP contribution < -0.4 is 0 Å². The van der Waals surface area contributed by atoms with Gasteiger partial charge in [0, 0.05) is 37.7 Å². The molecule has 2 atom stereocenters. The molecular formula is C15H17F2N3O2. The third kappa shape index (κ3) is 2.86. The van der Waals surface area contributed by atoms with Crippen LogP contribution in [0.5, 0.6) is 0 Å². The summed E-state index contributed by atoms with van der Waals surface area (Å²) in [6.45, 7) is 3.12. The molecule has 0 spiro atoms. The van der Waals surface area contributed by atoms with Crippen LogP contribution in [0.2, 0.25) is 0 Å². The van der Waals surface area contributed by atoms with Crippen LogP contribution in [0.25, 0.3) is 0 Å². The number of aryl methyl sites for hydroxylation is 1. The number of aliphatic hydroxyl groups excluding tert-OH is 1. The average Bonchev–Trinajstić information content (AvgIpc) is 3.10. The van der Waals surface area contributed by atoms with Gasteiger partial charge in [-0.05, 0) is 13.0 Å². The summed E-state index contributed by atoms with van der Waals surface area (Å²) in [5, 5.41) is 13.3. The molecule has 0 saturated carbocycles. The molecule has 22 heavy (non-hydrogen) atoms. The highest BCUT2D eigenvalue weighted by atomic mass is 19.2. The zero-order valence-electron chi connectivity index (χ0n) is 12.2. The van der Waals surface area contributed by atoms with Crippen molar-refractivity contribution < 1.29 is 18.4 Å². The third-order valence-electron chi connectivity index (χ3n) is 4.04. The number of rotatable bonds is 4. The van der Waals surface area contributed by atoms with Crippen LogP contribution in [0.15, 0.2) is 22.7 Å². The van der Waals surface area contributed by atoms with E-state index in [0.717, 1.165) is 6.07 Å². The molecule has 3 rings (SSSR count). The molecule has 0 aliphatic carbocycles. The lowest BCUT2D eigenvalue weighted by atomic mass is 9.97. The van der Waals surface area contributed by atoms with E-state index < -0.39 is 11.6 Å². The van der Waals surface area contributed by atoms with E-state index in [0.29, 0.717) is 30.4 Å². The lowest BCUT2D eigenvalue weighted by molar-refractivity contribution is 0.204. The zero-order valence-corrected chi connectivity index (χ0v) is 12.2. The zero-order chi connectivity index (χ0) is 15.7. The van der Waals surface area contributed by atoms with E-state index in [1.807, 2.05) is 4.90 Å². The van der Waals surface area contributed by atoms with Crippen molar-refractivity contribution in [2.75, 3.05) is 19.7 Å². The van der Waals surface area contributed by atoms with Crippen molar-refractivity contribution in [3.05, 3.63) is 47.1 Å². The second-order valence-electron chi connectivity index (χ2n) is 5.64. The SMILES string of the molecule is Cc1noc([C@@H]2CN(Cc3cccc(F)c3F)C[C@H]2CO)n1. The highest BCUT2D eigenvalue weighted by Crippen LogP contribution is 2.32. The first-order valence-corrected chi connectivity index (χ1v) is 7.14. The van der Waals surface area contributed by atoms with Crippen molar-refractivity contribution in [2.45, 2.75) is 19.4 Å². The molecule has 1 fully saturated rings. The van der Waals surface area contributed by atoms with Gasteiger partial charge in [0.25, 0.3) is 0 Å². The van der Waals surface area contributed by atoms with Gasteiger partial charge in [-0.2, -0.15) is 4.98 Å². The summed E-state index contributed by atoms with van der Waals surface area (Å²) in [5.41, 5.74) is 0.305. The molecule has 7 heteroatoms. The molecule has 2 aromatic rings. The summed E-state index contributed by atoms with van der Waals surface area (Å²) >= 11 is 0. The summed E-state index contributed by atoms with van der Waals surface area (Å²) < 4.78 is 32.2. The van der Waals surface area contributed by atoms with Crippen molar-refractivity contribution in [1.82, 2.24) is 15.0 Å². The highest BCUT2D eigenvalue weighted by molar-refractivity contribution is 5.19. The first-order valence-electron chi connectivity index (χ1n) is 7.14. The Morgan fingerprint density at radius 1 is 1.36 bits per heavy atom. The maximum absolute atomic E-state index is 13.8. The summed E-state index contributed by atoms with van der Waals surface area (Å²) in [6, 6.07) is 4.16. The Balaban J connectivity index is 1.75. The summed E-state index contributed by atoms with van der Waals surface area (Å²) in [6.07, 6.45) is 0. The molecule has 1 saturated heterocycles. The molecule has 1 aliphatic heterocycles. The van der Waals surface area contributed by atoms with Crippen molar-refractivity contribution in [1.29, 1.82) is 0 Å². The van der Waals surface area contributed by atoms with Gasteiger partial charge in [-0.1, -0.05) is 17.3 Å². The van der Waals surface area contributed by atoms with Crippen LogP contribution in [-0.2, 0) is 6.54 Å². The van der Waals surface area contributed by atoms with E-state index in [9.17, 15) is 13.9 Å². The molecule has 1 aromatic heterocycles. The van der Waals surface area contributed by atoms with Gasteiger partial charge in [-0.15, -0.1) is 0 Å². The van der Waals surface area contributed by atoms with E-state index in [1.54, 1.807) is 13.0 Å². The number of hydrogen-bond acceptors (Lipinski definition) is 5. The molecule has 1 aliphatic rings. The monoisotopic (exact) mass is 309 g/mol. The predicted octanol–water partition coefficient (Wildman–Crippen LogP) is 1.86. The van der Waals surface area contributed by atoms with Crippen molar-refractivity contribution in [2.24, 2.45) is 5.92 Å². The van der Waals surface area contributed by atoms with Gasteiger partial charge in [0.1, 0.15) is 0 Å². The van der Waals surface area contributed by atoms with Crippen LogP contribution in [0.1, 0.15) is 23.2 Å². The highest BCUT2D eigenvalue weighted by Gasteiger charge is 2.37. The minimum atomic E-state index is -0.848. The van der Waals surface area contributed by atoms with Gasteiger partial charge in [0.05, 0.1) is 5.92 Å². The number of aromatic nitrogens is 2. The Morgan fingerprint density at radius 3 is 2.86 bits per heavy atom. The molecule has 118 valence electrons. The number of halogens is 2. The second-order valence-corrected chi connectivity index (χ2v) is 5.64. The number of hydrogen-bond donors (Lipinski definition) is 1. The van der Waals surface area contributed by atoms with E-state index in [-0.39, 0.29) is 25.0 Å². The summed E-state index contributed by atoms with van der Waals surface area (Å²) in [7, 11) is 0. The van der Waals surface area contributed by atoms with Crippen molar-refractivity contribution >= 4 is 0 Å². The molecule has 2 heterocycles. The first kappa shape index (κ1) is 15.1. The predicted molar refractivity (Wildman–Crippen MR) is 74.0 cm³/mol. The summed E-state index contributed by atoms with van der Waals surface area (Å²) in [4.78, 5) is 6.18. The normalized spacial score (nSPS) is 22.4. The molecule has 1 aromatic carbocycles. The smallest absolute Gasteiger partial charge is 0.231 e. The lowest BCUT2D eigenvalue weighted by Crippen LogP contribution is -2.21. The van der Waals surface area contributed by atoms with E-state index in [4.69, 9.17) is 4.52 Å². The third-order valence-corrected chi connectivity index (χ3v) is 4.04. The van der Waals surface area contributed by atoms with Crippen molar-refractivity contribution in [3.8, 4) is 0 Å². The second kappa shape index (κ2) is 6.10. The summed E-state index contributed by atoms with van der Waals surface area (Å²) in [5.74, 6) is -0.793. The van der Waals surface area contributed by atoms with E-state index >= 15 is 0 Å². The largest absolute Gasteiger partial charge is 0.396 e. The maximum Gasteiger partial charge on any atom is 0.231 e. The fourth-order valence-corrected chi connectivity index (χ4v) is 2.93. The lowest BCUT2D eigenvalue weighted by Gasteiger charge is -2.16. The quantitative estimate of drug-likeness (QED) is 0.934. The van der Waals surface area contributed by atoms with Crippen LogP contribution >= 0.6 is 0 Å². The van der Waals surface area contributed by atoms with Gasteiger partial charge in [0.15, 0.2) is 17.5 Å². The van der Waals surface area contributed by atoms with Gasteiger partial charge >= 0.3 is 0 Å². The fraction of sp³-hybridized carbons (Fsp3) is 0.467. The topological polar surface area (TPSA) is 62.4 Å². The van der Waals surface area contributed by atoms with Gasteiger partial charge in [-0.25, -0.2) is 8.78 Å². The van der Waals surface area contributed by atoms with E-state index in [2.05, 4.69) is 10.1 Å². The number of aliphatic hydroxyl groups is 1. The standard InChI is InChI=1S/C15H17F2N3O2/c1-9-18-15(22-19-9)12-7-20(6-11(12)8-21)5-10-3-2-4-13(16)14(10)17/h2-4,11-12,21H,5-8H2,1H3/t11-,12+/m0/s1. The Labute approximate surface area is 126 Å². The van der Waals surface area contributed by atoms with Gasteiger partial charge in [0.2, 0.25) is 5.89 Å². The minimum Gasteiger partial charge on any atom is -0.396 e. The minimum absolute atomic E-state index is 0.0196. The Bertz CT molecular complexity index is 662. The van der Waals surface area contributed by atoms with Crippen LogP contribution in [0.3, 0.4) is 0 Å². The molecule has 0 bridgehead atoms. The first-order chi connectivity index (χ1) is 10.6. The van der Waals surface area contributed by atoms with Gasteiger partial charge in [-0.3, -0.25) is 4.90 Å². The molecule has 0 radical (unpaired) electrons. The van der Waals surface area contributed by atoms with E-state index in [1.165, 1.54) is 6.07 Å². The Morgan fingerprint density at radius 2 is 2.18 bits per heavy atom. The molecular weight excluding hydrogens is 292 g/mol. The van der Waals surface area contributed by atoms with Crippen LogP contribution in [0, 0.1) is 24.5 Å². The maximum atomic E-state index is 13.8. The number of likely N-dealkylation sites (tertiary alicyclic amines) is 1. The average molecular weight is 309 g/mol. The molecule has 0 amide bonds. The Hall–Kier alpha value is -1.86. The molecule has 0 unspecified atom stereocenters. The number of nitrogens with zero attached hydrogens (tertiary/aromatic N) is 3. The molecule has 5 nitrogen and oxygen atoms in total. The van der Waals surface area contributed by atoms with Crippen LogP contribution in [-0.4, -0.2) is 39.8 Å².